The second-order valence-electron chi connectivity index (χ2n) is 6.78. The molecule has 0 unspecified atom stereocenters. The first-order chi connectivity index (χ1) is 13.6. The normalized spacial score (nSPS) is 14.1. The standard InChI is InChI=1S/C23H20N2O2S/c1-15-8-6-11-18(16(15)2)24-21-20(19-12-7-13-28-19)22(26)25(23(21)27)14-17-9-4-3-5-10-17/h3-13,24H,14H2,1-2H3. The third kappa shape index (κ3) is 3.25. The Morgan fingerprint density at radius 2 is 1.68 bits per heavy atom. The predicted molar refractivity (Wildman–Crippen MR) is 113 cm³/mol. The third-order valence-electron chi connectivity index (χ3n) is 4.98. The van der Waals surface area contributed by atoms with Gasteiger partial charge >= 0.3 is 0 Å². The van der Waals surface area contributed by atoms with Crippen molar-refractivity contribution < 1.29 is 9.59 Å². The number of amides is 2. The largest absolute Gasteiger partial charge is 0.350 e. The van der Waals surface area contributed by atoms with E-state index >= 15 is 0 Å². The van der Waals surface area contributed by atoms with E-state index < -0.39 is 0 Å². The molecule has 2 heterocycles. The number of imide groups is 1. The van der Waals surface area contributed by atoms with Crippen molar-refractivity contribution in [2.24, 2.45) is 0 Å². The number of carbonyl (C=O) groups is 2. The van der Waals surface area contributed by atoms with Crippen LogP contribution < -0.4 is 5.32 Å². The lowest BCUT2D eigenvalue weighted by Gasteiger charge is -2.16. The van der Waals surface area contributed by atoms with Crippen LogP contribution >= 0.6 is 11.3 Å². The topological polar surface area (TPSA) is 49.4 Å². The van der Waals surface area contributed by atoms with Crippen LogP contribution in [0.5, 0.6) is 0 Å². The van der Waals surface area contributed by atoms with E-state index in [-0.39, 0.29) is 18.4 Å². The number of hydrogen-bond acceptors (Lipinski definition) is 4. The van der Waals surface area contributed by atoms with Crippen LogP contribution in [0.3, 0.4) is 0 Å². The van der Waals surface area contributed by atoms with Crippen LogP contribution in [0.15, 0.2) is 71.7 Å². The molecule has 1 aliphatic rings. The number of thiophene rings is 1. The van der Waals surface area contributed by atoms with Crippen LogP contribution in [0.2, 0.25) is 0 Å². The minimum atomic E-state index is -0.293. The highest BCUT2D eigenvalue weighted by molar-refractivity contribution is 7.11. The van der Waals surface area contributed by atoms with Gasteiger partial charge in [0.25, 0.3) is 11.8 Å². The second kappa shape index (κ2) is 7.44. The zero-order valence-corrected chi connectivity index (χ0v) is 16.5. The molecule has 4 rings (SSSR count). The molecular formula is C23H20N2O2S. The summed E-state index contributed by atoms with van der Waals surface area (Å²) in [6.45, 7) is 4.29. The van der Waals surface area contributed by atoms with Crippen LogP contribution in [-0.4, -0.2) is 16.7 Å². The van der Waals surface area contributed by atoms with E-state index in [1.807, 2.05) is 79.9 Å². The van der Waals surface area contributed by atoms with Crippen LogP contribution in [0, 0.1) is 13.8 Å². The third-order valence-corrected chi connectivity index (χ3v) is 5.87. The molecule has 4 nitrogen and oxygen atoms in total. The van der Waals surface area contributed by atoms with Crippen molar-refractivity contribution in [2.75, 3.05) is 5.32 Å². The average Bonchev–Trinajstić information content (AvgIpc) is 3.29. The first kappa shape index (κ1) is 18.2. The second-order valence-corrected chi connectivity index (χ2v) is 7.73. The minimum Gasteiger partial charge on any atom is -0.350 e. The Morgan fingerprint density at radius 1 is 0.893 bits per heavy atom. The van der Waals surface area contributed by atoms with Crippen molar-refractivity contribution in [1.29, 1.82) is 0 Å². The summed E-state index contributed by atoms with van der Waals surface area (Å²) in [5.74, 6) is -0.553. The lowest BCUT2D eigenvalue weighted by atomic mass is 10.1. The highest BCUT2D eigenvalue weighted by Crippen LogP contribution is 2.34. The quantitative estimate of drug-likeness (QED) is 0.641. The molecule has 0 bridgehead atoms. The Morgan fingerprint density at radius 3 is 2.39 bits per heavy atom. The lowest BCUT2D eigenvalue weighted by Crippen LogP contribution is -2.32. The maximum Gasteiger partial charge on any atom is 0.278 e. The van der Waals surface area contributed by atoms with Gasteiger partial charge in [0.05, 0.1) is 12.1 Å². The number of carbonyl (C=O) groups excluding carboxylic acids is 2. The molecule has 5 heteroatoms. The molecule has 2 aromatic carbocycles. The summed E-state index contributed by atoms with van der Waals surface area (Å²) in [6.07, 6.45) is 0. The van der Waals surface area contributed by atoms with Crippen molar-refractivity contribution in [1.82, 2.24) is 4.90 Å². The monoisotopic (exact) mass is 388 g/mol. The van der Waals surface area contributed by atoms with E-state index in [1.165, 1.54) is 16.2 Å². The van der Waals surface area contributed by atoms with Gasteiger partial charge in [0.15, 0.2) is 0 Å². The van der Waals surface area contributed by atoms with Gasteiger partial charge in [0.1, 0.15) is 5.70 Å². The molecule has 140 valence electrons. The van der Waals surface area contributed by atoms with E-state index in [2.05, 4.69) is 5.32 Å². The Kier molecular flexibility index (Phi) is 4.84. The maximum atomic E-state index is 13.2. The highest BCUT2D eigenvalue weighted by atomic mass is 32.1. The number of hydrogen-bond donors (Lipinski definition) is 1. The lowest BCUT2D eigenvalue weighted by molar-refractivity contribution is -0.137. The summed E-state index contributed by atoms with van der Waals surface area (Å²) in [6, 6.07) is 19.2. The zero-order valence-electron chi connectivity index (χ0n) is 15.7. The summed E-state index contributed by atoms with van der Waals surface area (Å²) in [5, 5.41) is 5.17. The van der Waals surface area contributed by atoms with Gasteiger partial charge in [0, 0.05) is 10.6 Å². The van der Waals surface area contributed by atoms with Gasteiger partial charge in [-0.25, -0.2) is 0 Å². The molecule has 0 fully saturated rings. The smallest absolute Gasteiger partial charge is 0.278 e. The molecule has 0 atom stereocenters. The molecule has 3 aromatic rings. The maximum absolute atomic E-state index is 13.2. The molecule has 0 spiro atoms. The summed E-state index contributed by atoms with van der Waals surface area (Å²) >= 11 is 1.46. The number of benzene rings is 2. The van der Waals surface area contributed by atoms with Crippen LogP contribution in [0.1, 0.15) is 21.6 Å². The van der Waals surface area contributed by atoms with Crippen molar-refractivity contribution in [3.63, 3.8) is 0 Å². The van der Waals surface area contributed by atoms with E-state index in [1.54, 1.807) is 0 Å². The highest BCUT2D eigenvalue weighted by Gasteiger charge is 2.39. The van der Waals surface area contributed by atoms with Gasteiger partial charge in [-0.2, -0.15) is 0 Å². The van der Waals surface area contributed by atoms with Crippen LogP contribution in [0.25, 0.3) is 5.57 Å². The average molecular weight is 388 g/mol. The van der Waals surface area contributed by atoms with Gasteiger partial charge in [-0.3, -0.25) is 14.5 Å². The first-order valence-electron chi connectivity index (χ1n) is 9.08. The number of rotatable bonds is 5. The number of nitrogens with zero attached hydrogens (tertiary/aromatic N) is 1. The molecule has 1 aliphatic heterocycles. The fraction of sp³-hybridized carbons (Fsp3) is 0.130. The Labute approximate surface area is 168 Å². The predicted octanol–water partition coefficient (Wildman–Crippen LogP) is 4.76. The summed E-state index contributed by atoms with van der Waals surface area (Å²) in [7, 11) is 0. The van der Waals surface area contributed by atoms with Crippen molar-refractivity contribution in [3.05, 3.63) is 93.3 Å². The molecule has 0 aliphatic carbocycles. The Hall–Kier alpha value is -3.18. The zero-order chi connectivity index (χ0) is 19.7. The Bertz CT molecular complexity index is 1070. The number of nitrogens with one attached hydrogen (secondary N) is 1. The van der Waals surface area contributed by atoms with E-state index in [0.717, 1.165) is 27.3 Å². The van der Waals surface area contributed by atoms with E-state index in [0.29, 0.717) is 11.3 Å². The molecule has 0 saturated heterocycles. The molecule has 2 amide bonds. The van der Waals surface area contributed by atoms with Gasteiger partial charge in [-0.05, 0) is 48.1 Å². The number of anilines is 1. The van der Waals surface area contributed by atoms with Crippen molar-refractivity contribution in [3.8, 4) is 0 Å². The van der Waals surface area contributed by atoms with Crippen LogP contribution in [0.4, 0.5) is 5.69 Å². The molecule has 1 N–H and O–H groups in total. The molecule has 0 saturated carbocycles. The SMILES string of the molecule is Cc1cccc(NC2=C(c3cccs3)C(=O)N(Cc3ccccc3)C2=O)c1C. The summed E-state index contributed by atoms with van der Waals surface area (Å²) < 4.78 is 0. The van der Waals surface area contributed by atoms with E-state index in [9.17, 15) is 9.59 Å². The molecule has 0 radical (unpaired) electrons. The van der Waals surface area contributed by atoms with Gasteiger partial charge in [-0.1, -0.05) is 48.5 Å². The minimum absolute atomic E-state index is 0.255. The van der Waals surface area contributed by atoms with Crippen LogP contribution in [-0.2, 0) is 16.1 Å². The van der Waals surface area contributed by atoms with Crippen molar-refractivity contribution >= 4 is 34.4 Å². The van der Waals surface area contributed by atoms with Gasteiger partial charge in [-0.15, -0.1) is 11.3 Å². The van der Waals surface area contributed by atoms with Gasteiger partial charge in [0.2, 0.25) is 0 Å². The molecule has 28 heavy (non-hydrogen) atoms. The fourth-order valence-corrected chi connectivity index (χ4v) is 4.04. The molecule has 1 aromatic heterocycles. The van der Waals surface area contributed by atoms with E-state index in [4.69, 9.17) is 0 Å². The Balaban J connectivity index is 1.74. The first-order valence-corrected chi connectivity index (χ1v) is 9.95. The fourth-order valence-electron chi connectivity index (χ4n) is 3.27. The summed E-state index contributed by atoms with van der Waals surface area (Å²) in [5.41, 5.74) is 4.73. The van der Waals surface area contributed by atoms with Crippen molar-refractivity contribution in [2.45, 2.75) is 20.4 Å². The number of aryl methyl sites for hydroxylation is 1. The molecular weight excluding hydrogens is 368 g/mol. The summed E-state index contributed by atoms with van der Waals surface area (Å²) in [4.78, 5) is 28.5. The van der Waals surface area contributed by atoms with Gasteiger partial charge < -0.3 is 5.32 Å².